The fraction of sp³-hybridized carbons (Fsp3) is 0.654. The van der Waals surface area contributed by atoms with E-state index in [1.807, 2.05) is 0 Å². The van der Waals surface area contributed by atoms with Gasteiger partial charge in [0.05, 0.1) is 12.6 Å². The van der Waals surface area contributed by atoms with Crippen LogP contribution in [0.15, 0.2) is 12.1 Å². The van der Waals surface area contributed by atoms with Crippen molar-refractivity contribution in [3.8, 4) is 0 Å². The molecule has 0 spiro atoms. The highest BCUT2D eigenvalue weighted by Crippen LogP contribution is 2.33. The predicted octanol–water partition coefficient (Wildman–Crippen LogP) is 3.09. The second kappa shape index (κ2) is 10.5. The maximum atomic E-state index is 15.6. The van der Waals surface area contributed by atoms with Crippen LogP contribution in [0.4, 0.5) is 13.2 Å². The van der Waals surface area contributed by atoms with Crippen LogP contribution in [0.5, 0.6) is 0 Å². The fourth-order valence-electron chi connectivity index (χ4n) is 6.10. The third-order valence-corrected chi connectivity index (χ3v) is 8.17. The minimum absolute atomic E-state index is 0.00102. The van der Waals surface area contributed by atoms with Gasteiger partial charge < -0.3 is 15.0 Å². The number of alkyl halides is 2. The molecule has 0 bridgehead atoms. The monoisotopic (exact) mass is 507 g/mol. The van der Waals surface area contributed by atoms with Gasteiger partial charge in [0, 0.05) is 48.6 Å². The molecule has 196 valence electrons. The van der Waals surface area contributed by atoms with Crippen molar-refractivity contribution in [3.63, 3.8) is 0 Å². The molecule has 1 aliphatic carbocycles. The van der Waals surface area contributed by atoms with Crippen molar-refractivity contribution < 1.29 is 32.3 Å². The predicted molar refractivity (Wildman–Crippen MR) is 124 cm³/mol. The molecule has 3 aliphatic heterocycles. The van der Waals surface area contributed by atoms with E-state index in [4.69, 9.17) is 4.74 Å². The number of rotatable bonds is 6. The number of carbonyl (C=O) groups is 3. The third kappa shape index (κ3) is 5.02. The molecule has 7 nitrogen and oxygen atoms in total. The van der Waals surface area contributed by atoms with E-state index in [0.717, 1.165) is 12.8 Å². The van der Waals surface area contributed by atoms with Crippen LogP contribution in [0.3, 0.4) is 0 Å². The number of imide groups is 1. The van der Waals surface area contributed by atoms with E-state index in [0.29, 0.717) is 44.3 Å². The standard InChI is InChI=1S/C26H32F3N3O4/c27-23-15(5-8-17-18(23)13-32(26(17)35)20-9-10-22(33)31-25(20)34)12-21-19(2-1-11-36-21)30-16-6-3-14(4-7-16)24(28)29/h5,8,14,16,19-21,24,30H,1-4,6-7,9-13H2,(H,31,33,34)/t14?,16?,19-,20-,21+/m0/s1. The van der Waals surface area contributed by atoms with E-state index in [9.17, 15) is 23.2 Å². The normalized spacial score (nSPS) is 31.1. The van der Waals surface area contributed by atoms with E-state index >= 15 is 4.39 Å². The number of halogens is 3. The number of fused-ring (bicyclic) bond motifs is 1. The highest BCUT2D eigenvalue weighted by Gasteiger charge is 2.41. The largest absolute Gasteiger partial charge is 0.376 e. The zero-order chi connectivity index (χ0) is 25.4. The van der Waals surface area contributed by atoms with Crippen LogP contribution in [-0.2, 0) is 27.3 Å². The molecular weight excluding hydrogens is 475 g/mol. The molecule has 1 aromatic rings. The Morgan fingerprint density at radius 1 is 1.08 bits per heavy atom. The number of piperidine rings is 1. The zero-order valence-electron chi connectivity index (χ0n) is 20.1. The molecule has 10 heteroatoms. The van der Waals surface area contributed by atoms with Gasteiger partial charge >= 0.3 is 0 Å². The van der Waals surface area contributed by atoms with Gasteiger partial charge in [0.2, 0.25) is 18.2 Å². The maximum absolute atomic E-state index is 15.6. The summed E-state index contributed by atoms with van der Waals surface area (Å²) in [6, 6.07) is 2.59. The molecule has 3 heterocycles. The highest BCUT2D eigenvalue weighted by atomic mass is 19.3. The molecule has 2 saturated heterocycles. The Morgan fingerprint density at radius 3 is 2.58 bits per heavy atom. The first-order chi connectivity index (χ1) is 17.3. The molecule has 3 amide bonds. The Kier molecular flexibility index (Phi) is 7.35. The molecule has 1 saturated carbocycles. The molecule has 2 N–H and O–H groups in total. The van der Waals surface area contributed by atoms with Crippen molar-refractivity contribution in [2.24, 2.45) is 5.92 Å². The molecule has 1 aromatic carbocycles. The molecule has 5 rings (SSSR count). The summed E-state index contributed by atoms with van der Waals surface area (Å²) in [6.45, 7) is 0.565. The lowest BCUT2D eigenvalue weighted by Gasteiger charge is -2.37. The van der Waals surface area contributed by atoms with Gasteiger partial charge in [0.15, 0.2) is 0 Å². The van der Waals surface area contributed by atoms with Crippen molar-refractivity contribution in [3.05, 3.63) is 34.6 Å². The van der Waals surface area contributed by atoms with Crippen LogP contribution >= 0.6 is 0 Å². The first-order valence-electron chi connectivity index (χ1n) is 12.9. The molecule has 0 radical (unpaired) electrons. The average molecular weight is 508 g/mol. The Labute approximate surface area is 208 Å². The van der Waals surface area contributed by atoms with Gasteiger partial charge in [-0.1, -0.05) is 6.07 Å². The van der Waals surface area contributed by atoms with E-state index in [1.54, 1.807) is 12.1 Å². The quantitative estimate of drug-likeness (QED) is 0.578. The lowest BCUT2D eigenvalue weighted by molar-refractivity contribution is -0.136. The molecule has 3 fully saturated rings. The number of hydrogen-bond donors (Lipinski definition) is 2. The number of amides is 3. The van der Waals surface area contributed by atoms with Crippen molar-refractivity contribution >= 4 is 17.7 Å². The molecule has 36 heavy (non-hydrogen) atoms. The van der Waals surface area contributed by atoms with E-state index < -0.39 is 36.0 Å². The van der Waals surface area contributed by atoms with Crippen molar-refractivity contribution in [2.75, 3.05) is 6.61 Å². The zero-order valence-corrected chi connectivity index (χ0v) is 20.1. The Hall–Kier alpha value is -2.46. The summed E-state index contributed by atoms with van der Waals surface area (Å²) in [6.07, 6.45) is 2.32. The minimum atomic E-state index is -2.27. The van der Waals surface area contributed by atoms with Crippen LogP contribution in [0.2, 0.25) is 0 Å². The maximum Gasteiger partial charge on any atom is 0.255 e. The van der Waals surface area contributed by atoms with Crippen molar-refractivity contribution in [1.82, 2.24) is 15.5 Å². The van der Waals surface area contributed by atoms with Gasteiger partial charge in [-0.25, -0.2) is 13.2 Å². The molecule has 0 unspecified atom stereocenters. The van der Waals surface area contributed by atoms with Gasteiger partial charge in [0.1, 0.15) is 11.9 Å². The summed E-state index contributed by atoms with van der Waals surface area (Å²) >= 11 is 0. The third-order valence-electron chi connectivity index (χ3n) is 8.17. The van der Waals surface area contributed by atoms with Crippen LogP contribution in [-0.4, -0.2) is 59.9 Å². The van der Waals surface area contributed by atoms with Crippen molar-refractivity contribution in [2.45, 2.75) is 95.0 Å². The van der Waals surface area contributed by atoms with Crippen LogP contribution < -0.4 is 10.6 Å². The van der Waals surface area contributed by atoms with E-state index in [2.05, 4.69) is 10.6 Å². The Morgan fingerprint density at radius 2 is 1.86 bits per heavy atom. The SMILES string of the molecule is O=C1CC[C@H](N2Cc3c(ccc(C[C@H]4OCCC[C@@H]4NC4CCC(C(F)F)CC4)c3F)C2=O)C(=O)N1. The summed E-state index contributed by atoms with van der Waals surface area (Å²) in [5.41, 5.74) is 0.968. The highest BCUT2D eigenvalue weighted by molar-refractivity contribution is 6.05. The van der Waals surface area contributed by atoms with Gasteiger partial charge in [0.25, 0.3) is 5.91 Å². The van der Waals surface area contributed by atoms with Gasteiger partial charge in [-0.2, -0.15) is 0 Å². The number of carbonyl (C=O) groups excluding carboxylic acids is 3. The second-order valence-corrected chi connectivity index (χ2v) is 10.4. The van der Waals surface area contributed by atoms with E-state index in [-0.39, 0.29) is 54.6 Å². The van der Waals surface area contributed by atoms with Gasteiger partial charge in [-0.3, -0.25) is 19.7 Å². The van der Waals surface area contributed by atoms with Crippen molar-refractivity contribution in [1.29, 1.82) is 0 Å². The Balaban J connectivity index is 1.26. The second-order valence-electron chi connectivity index (χ2n) is 10.4. The van der Waals surface area contributed by atoms with Crippen LogP contribution in [0.1, 0.15) is 72.9 Å². The first kappa shape index (κ1) is 25.2. The molecular formula is C26H32F3N3O4. The molecule has 4 aliphatic rings. The number of nitrogens with zero attached hydrogens (tertiary/aromatic N) is 1. The summed E-state index contributed by atoms with van der Waals surface area (Å²) in [7, 11) is 0. The minimum Gasteiger partial charge on any atom is -0.376 e. The molecule has 3 atom stereocenters. The van der Waals surface area contributed by atoms with Crippen LogP contribution in [0.25, 0.3) is 0 Å². The summed E-state index contributed by atoms with van der Waals surface area (Å²) < 4.78 is 47.6. The number of hydrogen-bond acceptors (Lipinski definition) is 5. The topological polar surface area (TPSA) is 87.7 Å². The molecule has 0 aromatic heterocycles. The first-order valence-corrected chi connectivity index (χ1v) is 12.9. The lowest BCUT2D eigenvalue weighted by atomic mass is 9.85. The number of nitrogens with one attached hydrogen (secondary N) is 2. The van der Waals surface area contributed by atoms with Gasteiger partial charge in [-0.05, 0) is 56.6 Å². The lowest BCUT2D eigenvalue weighted by Crippen LogP contribution is -2.52. The summed E-state index contributed by atoms with van der Waals surface area (Å²) in [5.74, 6) is -2.28. The average Bonchev–Trinajstić information content (AvgIpc) is 3.19. The Bertz CT molecular complexity index is 1030. The van der Waals surface area contributed by atoms with Gasteiger partial charge in [-0.15, -0.1) is 0 Å². The van der Waals surface area contributed by atoms with E-state index in [1.165, 1.54) is 4.90 Å². The van der Waals surface area contributed by atoms with Crippen LogP contribution in [0, 0.1) is 11.7 Å². The smallest absolute Gasteiger partial charge is 0.255 e. The summed E-state index contributed by atoms with van der Waals surface area (Å²) in [4.78, 5) is 38.0. The summed E-state index contributed by atoms with van der Waals surface area (Å²) in [5, 5.41) is 5.85. The number of benzene rings is 1. The number of ether oxygens (including phenoxy) is 1. The fourth-order valence-corrected chi connectivity index (χ4v) is 6.10.